The predicted octanol–water partition coefficient (Wildman–Crippen LogP) is 1.29. The average molecular weight is 300 g/mol. The predicted molar refractivity (Wildman–Crippen MR) is 79.4 cm³/mol. The van der Waals surface area contributed by atoms with Crippen LogP contribution in [0.2, 0.25) is 0 Å². The summed E-state index contributed by atoms with van der Waals surface area (Å²) < 4.78 is 22.2. The van der Waals surface area contributed by atoms with Gasteiger partial charge in [-0.15, -0.1) is 11.3 Å². The van der Waals surface area contributed by atoms with Crippen LogP contribution in [0.1, 0.15) is 11.8 Å². The SMILES string of the molecule is CCc1cc2c(NCCS(C)(=O)=O)nc(N)nc2s1. The molecule has 0 saturated carbocycles. The number of aromatic nitrogens is 2. The first-order valence-electron chi connectivity index (χ1n) is 5.86. The molecule has 2 rings (SSSR count). The van der Waals surface area contributed by atoms with Crippen molar-refractivity contribution in [1.82, 2.24) is 9.97 Å². The quantitative estimate of drug-likeness (QED) is 0.863. The van der Waals surface area contributed by atoms with Crippen LogP contribution < -0.4 is 11.1 Å². The van der Waals surface area contributed by atoms with Crippen molar-refractivity contribution in [3.8, 4) is 0 Å². The third-order valence-electron chi connectivity index (χ3n) is 2.57. The fourth-order valence-electron chi connectivity index (χ4n) is 1.65. The number of sulfone groups is 1. The van der Waals surface area contributed by atoms with Crippen molar-refractivity contribution in [2.75, 3.05) is 29.6 Å². The molecule has 8 heteroatoms. The van der Waals surface area contributed by atoms with E-state index in [4.69, 9.17) is 5.73 Å². The summed E-state index contributed by atoms with van der Waals surface area (Å²) in [6, 6.07) is 2.02. The summed E-state index contributed by atoms with van der Waals surface area (Å²) in [5, 5.41) is 3.91. The van der Waals surface area contributed by atoms with Gasteiger partial charge in [0.15, 0.2) is 0 Å². The van der Waals surface area contributed by atoms with Crippen molar-refractivity contribution in [2.45, 2.75) is 13.3 Å². The van der Waals surface area contributed by atoms with E-state index >= 15 is 0 Å². The summed E-state index contributed by atoms with van der Waals surface area (Å²) in [6.45, 7) is 2.37. The first kappa shape index (κ1) is 14.0. The lowest BCUT2D eigenvalue weighted by Crippen LogP contribution is -2.15. The van der Waals surface area contributed by atoms with Crippen LogP contribution in [-0.2, 0) is 16.3 Å². The number of nitrogens with two attached hydrogens (primary N) is 1. The van der Waals surface area contributed by atoms with E-state index in [1.165, 1.54) is 11.1 Å². The van der Waals surface area contributed by atoms with Crippen LogP contribution >= 0.6 is 11.3 Å². The number of thiophene rings is 1. The Morgan fingerprint density at radius 1 is 1.42 bits per heavy atom. The molecule has 0 amide bonds. The Labute approximate surface area is 116 Å². The van der Waals surface area contributed by atoms with Gasteiger partial charge in [0.05, 0.1) is 11.1 Å². The van der Waals surface area contributed by atoms with Gasteiger partial charge < -0.3 is 11.1 Å². The molecule has 0 aliphatic heterocycles. The summed E-state index contributed by atoms with van der Waals surface area (Å²) in [5.74, 6) is 0.851. The van der Waals surface area contributed by atoms with Gasteiger partial charge >= 0.3 is 0 Å². The minimum atomic E-state index is -2.99. The zero-order valence-corrected chi connectivity index (χ0v) is 12.4. The van der Waals surface area contributed by atoms with Crippen molar-refractivity contribution >= 4 is 43.2 Å². The zero-order valence-electron chi connectivity index (χ0n) is 10.8. The Balaban J connectivity index is 2.28. The molecule has 0 atom stereocenters. The van der Waals surface area contributed by atoms with Crippen molar-refractivity contribution in [3.05, 3.63) is 10.9 Å². The molecule has 3 N–H and O–H groups in total. The van der Waals surface area contributed by atoms with E-state index in [0.717, 1.165) is 16.6 Å². The molecule has 2 heterocycles. The standard InChI is InChI=1S/C11H16N4O2S2/c1-3-7-6-8-9(13-4-5-19(2,16)17)14-11(12)15-10(8)18-7/h6H,3-5H2,1-2H3,(H3,12,13,14,15). The molecule has 0 fully saturated rings. The highest BCUT2D eigenvalue weighted by Gasteiger charge is 2.10. The third kappa shape index (κ3) is 3.54. The Kier molecular flexibility index (Phi) is 3.91. The molecular weight excluding hydrogens is 284 g/mol. The first-order valence-corrected chi connectivity index (χ1v) is 8.74. The number of rotatable bonds is 5. The van der Waals surface area contributed by atoms with Gasteiger partial charge in [-0.1, -0.05) is 6.92 Å². The van der Waals surface area contributed by atoms with Crippen molar-refractivity contribution in [2.24, 2.45) is 0 Å². The zero-order chi connectivity index (χ0) is 14.0. The van der Waals surface area contributed by atoms with Crippen LogP contribution in [0.25, 0.3) is 10.2 Å². The third-order valence-corrected chi connectivity index (χ3v) is 4.69. The summed E-state index contributed by atoms with van der Waals surface area (Å²) in [7, 11) is -2.99. The monoisotopic (exact) mass is 300 g/mol. The highest BCUT2D eigenvalue weighted by atomic mass is 32.2. The number of fused-ring (bicyclic) bond motifs is 1. The maximum atomic E-state index is 11.1. The van der Waals surface area contributed by atoms with Crippen molar-refractivity contribution in [3.63, 3.8) is 0 Å². The number of aryl methyl sites for hydroxylation is 1. The second-order valence-electron chi connectivity index (χ2n) is 4.27. The Hall–Kier alpha value is -1.41. The summed E-state index contributed by atoms with van der Waals surface area (Å²) >= 11 is 1.58. The maximum Gasteiger partial charge on any atom is 0.223 e. The van der Waals surface area contributed by atoms with Gasteiger partial charge in [0.2, 0.25) is 5.95 Å². The molecule has 6 nitrogen and oxygen atoms in total. The number of nitrogens with zero attached hydrogens (tertiary/aromatic N) is 2. The number of nitrogen functional groups attached to an aromatic ring is 1. The van der Waals surface area contributed by atoms with Gasteiger partial charge in [-0.3, -0.25) is 0 Å². The topological polar surface area (TPSA) is 98.0 Å². The molecule has 0 bridgehead atoms. The molecule has 0 aromatic carbocycles. The van der Waals surface area contributed by atoms with Gasteiger partial charge in [-0.2, -0.15) is 4.98 Å². The lowest BCUT2D eigenvalue weighted by molar-refractivity contribution is 0.602. The highest BCUT2D eigenvalue weighted by Crippen LogP contribution is 2.29. The van der Waals surface area contributed by atoms with Crippen LogP contribution in [0.5, 0.6) is 0 Å². The smallest absolute Gasteiger partial charge is 0.223 e. The lowest BCUT2D eigenvalue weighted by atomic mass is 10.3. The summed E-state index contributed by atoms with van der Waals surface area (Å²) in [5.41, 5.74) is 5.66. The van der Waals surface area contributed by atoms with E-state index < -0.39 is 9.84 Å². The summed E-state index contributed by atoms with van der Waals surface area (Å²) in [6.07, 6.45) is 2.13. The normalized spacial score (nSPS) is 11.9. The van der Waals surface area contributed by atoms with Crippen molar-refractivity contribution in [1.29, 1.82) is 0 Å². The number of hydrogen-bond donors (Lipinski definition) is 2. The molecule has 0 unspecified atom stereocenters. The number of hydrogen-bond acceptors (Lipinski definition) is 7. The van der Waals surface area contributed by atoms with Gasteiger partial charge in [0, 0.05) is 17.7 Å². The minimum Gasteiger partial charge on any atom is -0.368 e. The van der Waals surface area contributed by atoms with Crippen LogP contribution in [0.3, 0.4) is 0 Å². The molecular formula is C11H16N4O2S2. The van der Waals surface area contributed by atoms with Gasteiger partial charge in [-0.25, -0.2) is 13.4 Å². The number of anilines is 2. The molecule has 19 heavy (non-hydrogen) atoms. The molecule has 2 aromatic heterocycles. The Morgan fingerprint density at radius 2 is 2.16 bits per heavy atom. The largest absolute Gasteiger partial charge is 0.368 e. The summed E-state index contributed by atoms with van der Waals surface area (Å²) in [4.78, 5) is 10.3. The molecule has 0 radical (unpaired) electrons. The van der Waals surface area contributed by atoms with E-state index in [1.54, 1.807) is 11.3 Å². The van der Waals surface area contributed by atoms with Crippen LogP contribution in [0, 0.1) is 0 Å². The van der Waals surface area contributed by atoms with E-state index in [0.29, 0.717) is 12.4 Å². The highest BCUT2D eigenvalue weighted by molar-refractivity contribution is 7.90. The number of nitrogens with one attached hydrogen (secondary N) is 1. The van der Waals surface area contributed by atoms with E-state index in [2.05, 4.69) is 22.2 Å². The van der Waals surface area contributed by atoms with Gasteiger partial charge in [0.25, 0.3) is 0 Å². The Bertz CT molecular complexity index is 694. The first-order chi connectivity index (χ1) is 8.89. The minimum absolute atomic E-state index is 0.0587. The molecule has 0 aliphatic carbocycles. The molecule has 0 aliphatic rings. The average Bonchev–Trinajstić information content (AvgIpc) is 2.70. The van der Waals surface area contributed by atoms with Gasteiger partial charge in [0.1, 0.15) is 20.5 Å². The fourth-order valence-corrected chi connectivity index (χ4v) is 3.10. The van der Waals surface area contributed by atoms with Crippen LogP contribution in [0.15, 0.2) is 6.07 Å². The van der Waals surface area contributed by atoms with Crippen LogP contribution in [0.4, 0.5) is 11.8 Å². The molecule has 0 saturated heterocycles. The maximum absolute atomic E-state index is 11.1. The second-order valence-corrected chi connectivity index (χ2v) is 7.65. The van der Waals surface area contributed by atoms with E-state index in [9.17, 15) is 8.42 Å². The van der Waals surface area contributed by atoms with Gasteiger partial charge in [-0.05, 0) is 12.5 Å². The molecule has 104 valence electrons. The second kappa shape index (κ2) is 5.30. The molecule has 2 aromatic rings. The van der Waals surface area contributed by atoms with Crippen molar-refractivity contribution < 1.29 is 8.42 Å². The van der Waals surface area contributed by atoms with E-state index in [1.807, 2.05) is 6.07 Å². The van der Waals surface area contributed by atoms with Crippen LogP contribution in [-0.4, -0.2) is 36.9 Å². The molecule has 0 spiro atoms. The Morgan fingerprint density at radius 3 is 2.79 bits per heavy atom. The van der Waals surface area contributed by atoms with E-state index in [-0.39, 0.29) is 11.7 Å². The fraction of sp³-hybridized carbons (Fsp3) is 0.455. The lowest BCUT2D eigenvalue weighted by Gasteiger charge is -2.06.